The highest BCUT2D eigenvalue weighted by molar-refractivity contribution is 6.31. The summed E-state index contributed by atoms with van der Waals surface area (Å²) in [5.74, 6) is 1.64. The van der Waals surface area contributed by atoms with Crippen molar-refractivity contribution in [2.75, 3.05) is 11.9 Å². The minimum absolute atomic E-state index is 0.0454. The van der Waals surface area contributed by atoms with Crippen molar-refractivity contribution in [3.05, 3.63) is 71.0 Å². The van der Waals surface area contributed by atoms with E-state index < -0.39 is 0 Å². The monoisotopic (exact) mass is 354 g/mol. The summed E-state index contributed by atoms with van der Waals surface area (Å²) in [5, 5.41) is 8.61. The van der Waals surface area contributed by atoms with E-state index >= 15 is 0 Å². The third kappa shape index (κ3) is 3.07. The molecule has 0 spiro atoms. The van der Waals surface area contributed by atoms with Crippen molar-refractivity contribution < 1.29 is 4.74 Å². The zero-order valence-corrected chi connectivity index (χ0v) is 14.6. The molecule has 3 aromatic rings. The van der Waals surface area contributed by atoms with Crippen molar-refractivity contribution in [3.8, 4) is 5.75 Å². The largest absolute Gasteiger partial charge is 0.494 e. The van der Waals surface area contributed by atoms with Crippen LogP contribution in [0, 0.1) is 0 Å². The van der Waals surface area contributed by atoms with Gasteiger partial charge in [0.25, 0.3) is 0 Å². The van der Waals surface area contributed by atoms with E-state index in [0.29, 0.717) is 6.61 Å². The second kappa shape index (κ2) is 6.76. The van der Waals surface area contributed by atoms with Gasteiger partial charge in [0.2, 0.25) is 5.95 Å². The number of hydrogen-bond donors (Lipinski definition) is 1. The van der Waals surface area contributed by atoms with Gasteiger partial charge in [-0.1, -0.05) is 41.9 Å². The lowest BCUT2D eigenvalue weighted by Crippen LogP contribution is -2.28. The Labute approximate surface area is 151 Å². The third-order valence-electron chi connectivity index (χ3n) is 4.49. The molecule has 1 N–H and O–H groups in total. The molecule has 0 radical (unpaired) electrons. The first kappa shape index (κ1) is 16.0. The van der Waals surface area contributed by atoms with Crippen LogP contribution in [0.2, 0.25) is 5.02 Å². The highest BCUT2D eigenvalue weighted by Gasteiger charge is 2.30. The molecule has 4 rings (SSSR count). The predicted molar refractivity (Wildman–Crippen MR) is 98.2 cm³/mol. The highest BCUT2D eigenvalue weighted by atomic mass is 35.5. The Morgan fingerprint density at radius 2 is 2.00 bits per heavy atom. The zero-order valence-electron chi connectivity index (χ0n) is 13.9. The maximum atomic E-state index is 6.44. The minimum Gasteiger partial charge on any atom is -0.494 e. The van der Waals surface area contributed by atoms with Crippen LogP contribution in [0.3, 0.4) is 0 Å². The first-order valence-electron chi connectivity index (χ1n) is 8.39. The number of fused-ring (bicyclic) bond motifs is 1. The molecule has 0 fully saturated rings. The summed E-state index contributed by atoms with van der Waals surface area (Å²) in [6, 6.07) is 16.3. The van der Waals surface area contributed by atoms with Gasteiger partial charge >= 0.3 is 0 Å². The van der Waals surface area contributed by atoms with Crippen LogP contribution in [0.25, 0.3) is 0 Å². The van der Waals surface area contributed by atoms with E-state index in [9.17, 15) is 0 Å². The molecule has 1 aliphatic rings. The molecule has 2 atom stereocenters. The first-order valence-corrected chi connectivity index (χ1v) is 8.77. The van der Waals surface area contributed by atoms with Crippen molar-refractivity contribution in [2.45, 2.75) is 25.4 Å². The summed E-state index contributed by atoms with van der Waals surface area (Å²) in [7, 11) is 0. The summed E-state index contributed by atoms with van der Waals surface area (Å²) in [4.78, 5) is 4.36. The zero-order chi connectivity index (χ0) is 17.2. The van der Waals surface area contributed by atoms with Crippen LogP contribution in [-0.2, 0) is 0 Å². The van der Waals surface area contributed by atoms with Crippen LogP contribution in [0.15, 0.2) is 54.9 Å². The van der Waals surface area contributed by atoms with Gasteiger partial charge in [-0.15, -0.1) is 0 Å². The predicted octanol–water partition coefficient (Wildman–Crippen LogP) is 4.48. The Hall–Kier alpha value is -2.53. The maximum Gasteiger partial charge on any atom is 0.222 e. The Kier molecular flexibility index (Phi) is 4.32. The number of halogens is 1. The molecule has 2 unspecified atom stereocenters. The lowest BCUT2D eigenvalue weighted by Gasteiger charge is -2.32. The van der Waals surface area contributed by atoms with Crippen molar-refractivity contribution in [3.63, 3.8) is 0 Å². The van der Waals surface area contributed by atoms with Crippen molar-refractivity contribution in [2.24, 2.45) is 0 Å². The number of rotatable bonds is 4. The second-order valence-electron chi connectivity index (χ2n) is 6.00. The van der Waals surface area contributed by atoms with E-state index in [4.69, 9.17) is 16.3 Å². The molecule has 1 aliphatic heterocycles. The summed E-state index contributed by atoms with van der Waals surface area (Å²) in [6.45, 7) is 2.65. The molecule has 1 aromatic heterocycles. The molecule has 2 heterocycles. The topological polar surface area (TPSA) is 52.0 Å². The molecule has 25 heavy (non-hydrogen) atoms. The van der Waals surface area contributed by atoms with Gasteiger partial charge in [0.1, 0.15) is 12.1 Å². The number of ether oxygens (including phenoxy) is 1. The summed E-state index contributed by atoms with van der Waals surface area (Å²) in [5.41, 5.74) is 2.25. The van der Waals surface area contributed by atoms with Crippen LogP contribution < -0.4 is 10.1 Å². The normalized spacial score (nSPS) is 19.1. The van der Waals surface area contributed by atoms with Crippen LogP contribution >= 0.6 is 11.6 Å². The minimum atomic E-state index is 0.0454. The fraction of sp³-hybridized carbons (Fsp3) is 0.263. The number of nitrogens with zero attached hydrogens (tertiary/aromatic N) is 3. The van der Waals surface area contributed by atoms with Gasteiger partial charge in [-0.3, -0.25) is 0 Å². The molecule has 0 saturated carbocycles. The van der Waals surface area contributed by atoms with E-state index in [2.05, 4.69) is 33.6 Å². The standard InChI is InChI=1S/C19H19ClN4O/c1-2-25-14-9-7-13(8-10-14)17-11-18(15-5-3-4-6-16(15)20)24-19(23-17)21-12-22-24/h3-10,12,17-18H,2,11H2,1H3,(H,21,22,23). The van der Waals surface area contributed by atoms with Gasteiger partial charge in [0.05, 0.1) is 18.7 Å². The van der Waals surface area contributed by atoms with E-state index in [-0.39, 0.29) is 12.1 Å². The Balaban J connectivity index is 1.67. The lowest BCUT2D eigenvalue weighted by molar-refractivity contribution is 0.340. The van der Waals surface area contributed by atoms with E-state index in [0.717, 1.165) is 28.7 Å². The fourth-order valence-corrected chi connectivity index (χ4v) is 3.57. The molecule has 6 heteroatoms. The summed E-state index contributed by atoms with van der Waals surface area (Å²) < 4.78 is 7.44. The molecule has 128 valence electrons. The molecular formula is C19H19ClN4O. The van der Waals surface area contributed by atoms with Gasteiger partial charge in [0.15, 0.2) is 0 Å². The van der Waals surface area contributed by atoms with Gasteiger partial charge in [-0.05, 0) is 42.7 Å². The number of anilines is 1. The average Bonchev–Trinajstić information content (AvgIpc) is 3.11. The van der Waals surface area contributed by atoms with Crippen LogP contribution in [0.5, 0.6) is 5.75 Å². The fourth-order valence-electron chi connectivity index (χ4n) is 3.31. The SMILES string of the molecule is CCOc1ccc(C2CC(c3ccccc3Cl)n3ncnc3N2)cc1. The molecular weight excluding hydrogens is 336 g/mol. The van der Waals surface area contributed by atoms with E-state index in [1.807, 2.05) is 41.9 Å². The van der Waals surface area contributed by atoms with Gasteiger partial charge in [-0.25, -0.2) is 4.68 Å². The van der Waals surface area contributed by atoms with Gasteiger partial charge in [-0.2, -0.15) is 10.1 Å². The van der Waals surface area contributed by atoms with E-state index in [1.165, 1.54) is 5.56 Å². The molecule has 5 nitrogen and oxygen atoms in total. The number of nitrogens with one attached hydrogen (secondary N) is 1. The van der Waals surface area contributed by atoms with Crippen LogP contribution in [0.4, 0.5) is 5.95 Å². The van der Waals surface area contributed by atoms with E-state index in [1.54, 1.807) is 6.33 Å². The van der Waals surface area contributed by atoms with Crippen molar-refractivity contribution >= 4 is 17.5 Å². The second-order valence-corrected chi connectivity index (χ2v) is 6.41. The average molecular weight is 355 g/mol. The van der Waals surface area contributed by atoms with Crippen molar-refractivity contribution in [1.29, 1.82) is 0 Å². The highest BCUT2D eigenvalue weighted by Crippen LogP contribution is 2.39. The Morgan fingerprint density at radius 3 is 2.76 bits per heavy atom. The molecule has 2 aromatic carbocycles. The lowest BCUT2D eigenvalue weighted by atomic mass is 9.93. The van der Waals surface area contributed by atoms with Crippen LogP contribution in [-0.4, -0.2) is 21.4 Å². The summed E-state index contributed by atoms with van der Waals surface area (Å²) in [6.07, 6.45) is 2.42. The van der Waals surface area contributed by atoms with Crippen molar-refractivity contribution in [1.82, 2.24) is 14.8 Å². The van der Waals surface area contributed by atoms with Gasteiger partial charge in [0, 0.05) is 5.02 Å². The molecule has 0 bridgehead atoms. The number of aromatic nitrogens is 3. The number of benzene rings is 2. The molecule has 0 amide bonds. The third-order valence-corrected chi connectivity index (χ3v) is 4.83. The Morgan fingerprint density at radius 1 is 1.20 bits per heavy atom. The quantitative estimate of drug-likeness (QED) is 0.750. The van der Waals surface area contributed by atoms with Crippen LogP contribution in [0.1, 0.15) is 36.6 Å². The molecule has 0 aliphatic carbocycles. The summed E-state index contributed by atoms with van der Waals surface area (Å²) >= 11 is 6.44. The smallest absolute Gasteiger partial charge is 0.222 e. The first-order chi connectivity index (χ1) is 12.3. The molecule has 0 saturated heterocycles. The maximum absolute atomic E-state index is 6.44. The number of hydrogen-bond acceptors (Lipinski definition) is 4. The van der Waals surface area contributed by atoms with Gasteiger partial charge < -0.3 is 10.1 Å². The Bertz CT molecular complexity index is 862.